The number of anilines is 1. The highest BCUT2D eigenvalue weighted by atomic mass is 16.3. The number of rotatable bonds is 4. The van der Waals surface area contributed by atoms with Crippen LogP contribution in [0.3, 0.4) is 0 Å². The zero-order chi connectivity index (χ0) is 10.6. The van der Waals surface area contributed by atoms with Crippen LogP contribution in [0.1, 0.15) is 12.6 Å². The monoisotopic (exact) mass is 196 g/mol. The Bertz CT molecular complexity index is 289. The normalized spacial score (nSPS) is 12.6. The summed E-state index contributed by atoms with van der Waals surface area (Å²) in [6.45, 7) is 2.20. The Balaban J connectivity index is 2.73. The first-order valence-corrected chi connectivity index (χ1v) is 4.59. The van der Waals surface area contributed by atoms with Crippen LogP contribution in [0.5, 0.6) is 0 Å². The van der Waals surface area contributed by atoms with Gasteiger partial charge in [0.15, 0.2) is 0 Å². The zero-order valence-electron chi connectivity index (χ0n) is 8.51. The van der Waals surface area contributed by atoms with Gasteiger partial charge in [-0.25, -0.2) is 4.98 Å². The van der Waals surface area contributed by atoms with Gasteiger partial charge in [-0.2, -0.15) is 0 Å². The fraction of sp³-hybridized carbons (Fsp3) is 0.500. The number of aliphatic hydroxyl groups is 2. The Labute approximate surface area is 83.8 Å². The highest BCUT2D eigenvalue weighted by Crippen LogP contribution is 2.09. The van der Waals surface area contributed by atoms with Crippen LogP contribution in [0.25, 0.3) is 0 Å². The summed E-state index contributed by atoms with van der Waals surface area (Å²) in [6.07, 6.45) is -0.389. The summed E-state index contributed by atoms with van der Waals surface area (Å²) >= 11 is 0. The minimum Gasteiger partial charge on any atom is -0.392 e. The number of pyridine rings is 1. The van der Waals surface area contributed by atoms with E-state index in [4.69, 9.17) is 5.11 Å². The molecule has 0 saturated carbocycles. The second-order valence-electron chi connectivity index (χ2n) is 3.37. The van der Waals surface area contributed by atoms with Crippen molar-refractivity contribution in [2.75, 3.05) is 18.5 Å². The smallest absolute Gasteiger partial charge is 0.128 e. The highest BCUT2D eigenvalue weighted by molar-refractivity contribution is 5.38. The van der Waals surface area contributed by atoms with Crippen LogP contribution < -0.4 is 4.90 Å². The van der Waals surface area contributed by atoms with Crippen LogP contribution in [0.15, 0.2) is 18.2 Å². The fourth-order valence-electron chi connectivity index (χ4n) is 1.26. The standard InChI is InChI=1S/C10H16N2O2/c1-8(14)6-12(2)10-5-3-4-9(7-13)11-10/h3-5,8,13-14H,6-7H2,1-2H3. The minimum atomic E-state index is -0.389. The summed E-state index contributed by atoms with van der Waals surface area (Å²) < 4.78 is 0. The molecule has 1 unspecified atom stereocenters. The highest BCUT2D eigenvalue weighted by Gasteiger charge is 2.05. The molecule has 0 spiro atoms. The van der Waals surface area contributed by atoms with Crippen molar-refractivity contribution in [2.24, 2.45) is 0 Å². The van der Waals surface area contributed by atoms with Crippen molar-refractivity contribution in [1.29, 1.82) is 0 Å². The number of nitrogens with zero attached hydrogens (tertiary/aromatic N) is 2. The first-order chi connectivity index (χ1) is 6.63. The van der Waals surface area contributed by atoms with Crippen molar-refractivity contribution >= 4 is 5.82 Å². The van der Waals surface area contributed by atoms with Crippen LogP contribution in [0, 0.1) is 0 Å². The van der Waals surface area contributed by atoms with E-state index < -0.39 is 0 Å². The number of likely N-dealkylation sites (N-methyl/N-ethyl adjacent to an activating group) is 1. The van der Waals surface area contributed by atoms with Gasteiger partial charge in [-0.15, -0.1) is 0 Å². The third-order valence-electron chi connectivity index (χ3n) is 1.88. The zero-order valence-corrected chi connectivity index (χ0v) is 8.51. The first-order valence-electron chi connectivity index (χ1n) is 4.59. The summed E-state index contributed by atoms with van der Waals surface area (Å²) in [7, 11) is 1.86. The summed E-state index contributed by atoms with van der Waals surface area (Å²) in [5.41, 5.74) is 0.639. The van der Waals surface area contributed by atoms with Crippen LogP contribution in [-0.4, -0.2) is 34.9 Å². The molecule has 0 radical (unpaired) electrons. The van der Waals surface area contributed by atoms with Gasteiger partial charge in [-0.3, -0.25) is 0 Å². The molecule has 0 aliphatic heterocycles. The Morgan fingerprint density at radius 2 is 2.21 bits per heavy atom. The lowest BCUT2D eigenvalue weighted by atomic mass is 10.3. The van der Waals surface area contributed by atoms with Gasteiger partial charge < -0.3 is 15.1 Å². The molecule has 0 amide bonds. The quantitative estimate of drug-likeness (QED) is 0.731. The topological polar surface area (TPSA) is 56.6 Å². The second kappa shape index (κ2) is 4.93. The van der Waals surface area contributed by atoms with Crippen molar-refractivity contribution in [3.05, 3.63) is 23.9 Å². The number of hydrogen-bond donors (Lipinski definition) is 2. The number of hydrogen-bond acceptors (Lipinski definition) is 4. The molecule has 0 aliphatic rings. The maximum atomic E-state index is 9.19. The predicted molar refractivity (Wildman–Crippen MR) is 55.1 cm³/mol. The first kappa shape index (κ1) is 10.9. The molecule has 1 heterocycles. The molecule has 1 atom stereocenters. The van der Waals surface area contributed by atoms with Crippen molar-refractivity contribution in [2.45, 2.75) is 19.6 Å². The Hall–Kier alpha value is -1.13. The van der Waals surface area contributed by atoms with Gasteiger partial charge in [0.05, 0.1) is 18.4 Å². The molecule has 1 aromatic heterocycles. The third-order valence-corrected chi connectivity index (χ3v) is 1.88. The average Bonchev–Trinajstić information content (AvgIpc) is 2.17. The average molecular weight is 196 g/mol. The van der Waals surface area contributed by atoms with Crippen LogP contribution in [0.2, 0.25) is 0 Å². The van der Waals surface area contributed by atoms with E-state index in [9.17, 15) is 5.11 Å². The minimum absolute atomic E-state index is 0.0592. The van der Waals surface area contributed by atoms with Gasteiger partial charge in [-0.1, -0.05) is 6.07 Å². The summed E-state index contributed by atoms with van der Waals surface area (Å²) in [5, 5.41) is 18.1. The summed E-state index contributed by atoms with van der Waals surface area (Å²) in [4.78, 5) is 6.06. The molecule has 1 rings (SSSR count). The van der Waals surface area contributed by atoms with Gasteiger partial charge in [0.25, 0.3) is 0 Å². The maximum Gasteiger partial charge on any atom is 0.128 e. The van der Waals surface area contributed by atoms with Gasteiger partial charge in [0.1, 0.15) is 5.82 Å². The second-order valence-corrected chi connectivity index (χ2v) is 3.37. The molecule has 0 bridgehead atoms. The Morgan fingerprint density at radius 1 is 1.50 bits per heavy atom. The maximum absolute atomic E-state index is 9.19. The van der Waals surface area contributed by atoms with E-state index in [1.54, 1.807) is 13.0 Å². The van der Waals surface area contributed by atoms with Crippen LogP contribution in [0.4, 0.5) is 5.82 Å². The van der Waals surface area contributed by atoms with Crippen molar-refractivity contribution in [3.8, 4) is 0 Å². The Kier molecular flexibility index (Phi) is 3.85. The lowest BCUT2D eigenvalue weighted by Crippen LogP contribution is -2.27. The van der Waals surface area contributed by atoms with Crippen molar-refractivity contribution < 1.29 is 10.2 Å². The van der Waals surface area contributed by atoms with Gasteiger partial charge in [0.2, 0.25) is 0 Å². The predicted octanol–water partition coefficient (Wildman–Crippen LogP) is 0.391. The van der Waals surface area contributed by atoms with E-state index in [0.29, 0.717) is 12.2 Å². The van der Waals surface area contributed by atoms with E-state index in [0.717, 1.165) is 5.82 Å². The van der Waals surface area contributed by atoms with E-state index in [2.05, 4.69) is 4.98 Å². The molecule has 0 fully saturated rings. The molecule has 78 valence electrons. The van der Waals surface area contributed by atoms with E-state index in [1.807, 2.05) is 24.1 Å². The number of aliphatic hydroxyl groups excluding tert-OH is 2. The van der Waals surface area contributed by atoms with Crippen molar-refractivity contribution in [3.63, 3.8) is 0 Å². The van der Waals surface area contributed by atoms with Gasteiger partial charge >= 0.3 is 0 Å². The lowest BCUT2D eigenvalue weighted by Gasteiger charge is -2.19. The molecular weight excluding hydrogens is 180 g/mol. The van der Waals surface area contributed by atoms with E-state index in [1.165, 1.54) is 0 Å². The molecule has 0 aromatic carbocycles. The van der Waals surface area contributed by atoms with Crippen LogP contribution >= 0.6 is 0 Å². The van der Waals surface area contributed by atoms with Gasteiger partial charge in [-0.05, 0) is 19.1 Å². The summed E-state index contributed by atoms with van der Waals surface area (Å²) in [6, 6.07) is 5.45. The molecule has 4 heteroatoms. The largest absolute Gasteiger partial charge is 0.392 e. The molecule has 0 aliphatic carbocycles. The van der Waals surface area contributed by atoms with Crippen LogP contribution in [-0.2, 0) is 6.61 Å². The van der Waals surface area contributed by atoms with E-state index >= 15 is 0 Å². The lowest BCUT2D eigenvalue weighted by molar-refractivity contribution is 0.201. The fourth-order valence-corrected chi connectivity index (χ4v) is 1.26. The SMILES string of the molecule is CC(O)CN(C)c1cccc(CO)n1. The Morgan fingerprint density at radius 3 is 2.79 bits per heavy atom. The molecule has 1 aromatic rings. The van der Waals surface area contributed by atoms with E-state index in [-0.39, 0.29) is 12.7 Å². The molecular formula is C10H16N2O2. The molecule has 4 nitrogen and oxygen atoms in total. The third kappa shape index (κ3) is 2.97. The molecule has 14 heavy (non-hydrogen) atoms. The van der Waals surface area contributed by atoms with Gasteiger partial charge in [0, 0.05) is 13.6 Å². The van der Waals surface area contributed by atoms with Crippen molar-refractivity contribution in [1.82, 2.24) is 4.98 Å². The summed E-state index contributed by atoms with van der Waals surface area (Å²) in [5.74, 6) is 0.762. The molecule has 2 N–H and O–H groups in total. The molecule has 0 saturated heterocycles. The number of aromatic nitrogens is 1.